The standard InChI is InChI=1S/C33H49N7O/c1-3-22-40(29-8-6-5-7-9-29)30-16-14-28(15-17-30)38(4-2)23-26-10-12-27(13-11-26)33(41)39(24-31-34-18-19-35-31)25-32-36-20-21-37-32/h10-13,18-21,28-30H,3-9,14-17,22-25H2,1-2H3,(H,34,35)(H,36,37). The minimum atomic E-state index is -0.0235. The van der Waals surface area contributed by atoms with Crippen LogP contribution >= 0.6 is 0 Å². The van der Waals surface area contributed by atoms with E-state index in [0.717, 1.165) is 36.8 Å². The number of carbonyl (C=O) groups excluding carboxylic acids is 1. The number of nitrogens with one attached hydrogen (secondary N) is 2. The highest BCUT2D eigenvalue weighted by Gasteiger charge is 2.32. The molecule has 0 aliphatic heterocycles. The molecule has 2 saturated carbocycles. The number of benzene rings is 1. The molecule has 2 aliphatic rings. The van der Waals surface area contributed by atoms with Crippen LogP contribution in [0.5, 0.6) is 0 Å². The Morgan fingerprint density at radius 3 is 1.90 bits per heavy atom. The molecule has 2 N–H and O–H groups in total. The molecule has 0 radical (unpaired) electrons. The van der Waals surface area contributed by atoms with E-state index in [9.17, 15) is 4.79 Å². The zero-order valence-corrected chi connectivity index (χ0v) is 25.1. The molecule has 222 valence electrons. The lowest BCUT2D eigenvalue weighted by Gasteiger charge is -2.44. The van der Waals surface area contributed by atoms with Crippen LogP contribution in [0.2, 0.25) is 0 Å². The Labute approximate surface area is 245 Å². The maximum Gasteiger partial charge on any atom is 0.254 e. The zero-order valence-electron chi connectivity index (χ0n) is 25.1. The first-order chi connectivity index (χ1) is 20.1. The van der Waals surface area contributed by atoms with Gasteiger partial charge in [0.1, 0.15) is 11.6 Å². The number of amides is 1. The molecule has 0 bridgehead atoms. The van der Waals surface area contributed by atoms with Crippen molar-refractivity contribution in [1.29, 1.82) is 0 Å². The summed E-state index contributed by atoms with van der Waals surface area (Å²) in [4.78, 5) is 35.7. The van der Waals surface area contributed by atoms with Gasteiger partial charge in [0, 0.05) is 55.0 Å². The highest BCUT2D eigenvalue weighted by Crippen LogP contribution is 2.32. The van der Waals surface area contributed by atoms with Crippen LogP contribution in [0.4, 0.5) is 0 Å². The second-order valence-corrected chi connectivity index (χ2v) is 12.0. The Morgan fingerprint density at radius 2 is 1.37 bits per heavy atom. The molecule has 2 aliphatic carbocycles. The van der Waals surface area contributed by atoms with E-state index in [1.54, 1.807) is 29.7 Å². The molecule has 41 heavy (non-hydrogen) atoms. The third-order valence-electron chi connectivity index (χ3n) is 9.25. The van der Waals surface area contributed by atoms with Crippen LogP contribution in [0.15, 0.2) is 49.1 Å². The van der Waals surface area contributed by atoms with Gasteiger partial charge in [-0.2, -0.15) is 0 Å². The maximum atomic E-state index is 13.5. The Kier molecular flexibility index (Phi) is 10.6. The first-order valence-electron chi connectivity index (χ1n) is 16.0. The normalized spacial score (nSPS) is 20.1. The van der Waals surface area contributed by atoms with Crippen LogP contribution < -0.4 is 0 Å². The van der Waals surface area contributed by atoms with Gasteiger partial charge >= 0.3 is 0 Å². The van der Waals surface area contributed by atoms with Crippen molar-refractivity contribution in [3.63, 3.8) is 0 Å². The Hall–Kier alpha value is -2.97. The van der Waals surface area contributed by atoms with Gasteiger partial charge in [-0.25, -0.2) is 9.97 Å². The lowest BCUT2D eigenvalue weighted by Crippen LogP contribution is -2.48. The van der Waals surface area contributed by atoms with E-state index in [4.69, 9.17) is 0 Å². The number of carbonyl (C=O) groups is 1. The van der Waals surface area contributed by atoms with Crippen molar-refractivity contribution in [2.45, 2.75) is 116 Å². The van der Waals surface area contributed by atoms with E-state index in [1.165, 1.54) is 76.3 Å². The van der Waals surface area contributed by atoms with Gasteiger partial charge in [0.2, 0.25) is 0 Å². The summed E-state index contributed by atoms with van der Waals surface area (Å²) in [6.07, 6.45) is 20.6. The van der Waals surface area contributed by atoms with Gasteiger partial charge in [-0.3, -0.25) is 14.6 Å². The Bertz CT molecular complexity index is 1110. The van der Waals surface area contributed by atoms with Gasteiger partial charge in [0.05, 0.1) is 13.1 Å². The number of aromatic nitrogens is 4. The number of nitrogens with zero attached hydrogens (tertiary/aromatic N) is 5. The van der Waals surface area contributed by atoms with E-state index in [-0.39, 0.29) is 5.91 Å². The molecule has 5 rings (SSSR count). The van der Waals surface area contributed by atoms with Crippen molar-refractivity contribution in [2.75, 3.05) is 13.1 Å². The molecule has 8 heteroatoms. The maximum absolute atomic E-state index is 13.5. The SMILES string of the molecule is CCCN(C1CCCCC1)C1CCC(N(CC)Cc2ccc(C(=O)N(Cc3ncc[nH]3)Cc3ncc[nH]3)cc2)CC1. The molecular formula is C33H49N7O. The van der Waals surface area contributed by atoms with Crippen molar-refractivity contribution < 1.29 is 4.79 Å². The quantitative estimate of drug-likeness (QED) is 0.262. The van der Waals surface area contributed by atoms with Crippen molar-refractivity contribution >= 4 is 5.91 Å². The number of rotatable bonds is 13. The van der Waals surface area contributed by atoms with E-state index in [1.807, 2.05) is 12.1 Å². The average molecular weight is 560 g/mol. The summed E-state index contributed by atoms with van der Waals surface area (Å²) in [5.74, 6) is 1.49. The molecule has 0 saturated heterocycles. The molecule has 0 atom stereocenters. The van der Waals surface area contributed by atoms with Crippen molar-refractivity contribution in [2.24, 2.45) is 0 Å². The van der Waals surface area contributed by atoms with Crippen LogP contribution in [0.25, 0.3) is 0 Å². The fourth-order valence-electron chi connectivity index (χ4n) is 7.09. The Morgan fingerprint density at radius 1 is 0.780 bits per heavy atom. The number of hydrogen-bond donors (Lipinski definition) is 2. The van der Waals surface area contributed by atoms with Gasteiger partial charge in [-0.05, 0) is 75.7 Å². The predicted octanol–water partition coefficient (Wildman–Crippen LogP) is 6.15. The topological polar surface area (TPSA) is 84.2 Å². The molecule has 0 spiro atoms. The van der Waals surface area contributed by atoms with Crippen LogP contribution in [0.1, 0.15) is 106 Å². The van der Waals surface area contributed by atoms with Crippen molar-refractivity contribution in [3.8, 4) is 0 Å². The van der Waals surface area contributed by atoms with Gasteiger partial charge in [0.15, 0.2) is 0 Å². The van der Waals surface area contributed by atoms with Gasteiger partial charge in [0.25, 0.3) is 5.91 Å². The molecule has 0 unspecified atom stereocenters. The first kappa shape index (κ1) is 29.5. The second-order valence-electron chi connectivity index (χ2n) is 12.0. The summed E-state index contributed by atoms with van der Waals surface area (Å²) < 4.78 is 0. The van der Waals surface area contributed by atoms with Crippen LogP contribution in [0.3, 0.4) is 0 Å². The van der Waals surface area contributed by atoms with Crippen LogP contribution in [0, 0.1) is 0 Å². The highest BCUT2D eigenvalue weighted by molar-refractivity contribution is 5.94. The van der Waals surface area contributed by atoms with E-state index in [2.05, 4.69) is 55.7 Å². The highest BCUT2D eigenvalue weighted by atomic mass is 16.2. The molecule has 1 aromatic carbocycles. The van der Waals surface area contributed by atoms with E-state index in [0.29, 0.717) is 24.7 Å². The summed E-state index contributed by atoms with van der Waals surface area (Å²) in [5, 5.41) is 0. The van der Waals surface area contributed by atoms with Crippen LogP contribution in [-0.4, -0.2) is 71.8 Å². The largest absolute Gasteiger partial charge is 0.347 e. The van der Waals surface area contributed by atoms with Gasteiger partial charge in [-0.15, -0.1) is 0 Å². The third-order valence-corrected chi connectivity index (χ3v) is 9.25. The van der Waals surface area contributed by atoms with Crippen LogP contribution in [-0.2, 0) is 19.6 Å². The molecular weight excluding hydrogens is 510 g/mol. The number of hydrogen-bond acceptors (Lipinski definition) is 5. The molecule has 8 nitrogen and oxygen atoms in total. The number of imidazole rings is 2. The Balaban J connectivity index is 1.17. The van der Waals surface area contributed by atoms with E-state index < -0.39 is 0 Å². The van der Waals surface area contributed by atoms with Crippen molar-refractivity contribution in [3.05, 3.63) is 71.8 Å². The fourth-order valence-corrected chi connectivity index (χ4v) is 7.09. The molecule has 1 amide bonds. The van der Waals surface area contributed by atoms with Gasteiger partial charge < -0.3 is 14.9 Å². The smallest absolute Gasteiger partial charge is 0.254 e. The summed E-state index contributed by atoms with van der Waals surface area (Å²) in [6.45, 7) is 8.68. The fraction of sp³-hybridized carbons (Fsp3) is 0.606. The molecule has 2 fully saturated rings. The molecule has 2 heterocycles. The summed E-state index contributed by atoms with van der Waals surface area (Å²) in [7, 11) is 0. The summed E-state index contributed by atoms with van der Waals surface area (Å²) in [6, 6.07) is 10.5. The monoisotopic (exact) mass is 559 g/mol. The zero-order chi connectivity index (χ0) is 28.4. The first-order valence-corrected chi connectivity index (χ1v) is 16.0. The minimum Gasteiger partial charge on any atom is -0.347 e. The molecule has 3 aromatic rings. The van der Waals surface area contributed by atoms with Gasteiger partial charge in [-0.1, -0.05) is 45.2 Å². The lowest BCUT2D eigenvalue weighted by molar-refractivity contribution is 0.0532. The minimum absolute atomic E-state index is 0.0235. The molecule has 2 aromatic heterocycles. The third kappa shape index (κ3) is 7.86. The number of aromatic amines is 2. The summed E-state index contributed by atoms with van der Waals surface area (Å²) in [5.41, 5.74) is 1.96. The average Bonchev–Trinajstić information content (AvgIpc) is 3.74. The second kappa shape index (κ2) is 14.8. The predicted molar refractivity (Wildman–Crippen MR) is 163 cm³/mol. The lowest BCUT2D eigenvalue weighted by atomic mass is 9.86. The number of H-pyrrole nitrogens is 2. The van der Waals surface area contributed by atoms with Crippen molar-refractivity contribution in [1.82, 2.24) is 34.6 Å². The summed E-state index contributed by atoms with van der Waals surface area (Å²) >= 11 is 0. The van der Waals surface area contributed by atoms with E-state index >= 15 is 0 Å².